The number of hydrogen-bond donors (Lipinski definition) is 1. The summed E-state index contributed by atoms with van der Waals surface area (Å²) in [4.78, 5) is 32.6. The molecule has 1 aromatic heterocycles. The summed E-state index contributed by atoms with van der Waals surface area (Å²) in [5.74, 6) is 0.785. The van der Waals surface area contributed by atoms with Gasteiger partial charge in [0.2, 0.25) is 5.91 Å². The summed E-state index contributed by atoms with van der Waals surface area (Å²) in [6.45, 7) is 5.71. The number of aromatic nitrogens is 1. The topological polar surface area (TPSA) is 74.8 Å². The summed E-state index contributed by atoms with van der Waals surface area (Å²) >= 11 is 0. The molecule has 1 amide bonds. The first kappa shape index (κ1) is 19.7. The molecule has 0 spiro atoms. The van der Waals surface area contributed by atoms with Gasteiger partial charge in [0.1, 0.15) is 5.82 Å². The number of benzene rings is 1. The molecule has 0 bridgehead atoms. The Bertz CT molecular complexity index is 772. The van der Waals surface area contributed by atoms with Gasteiger partial charge in [0.05, 0.1) is 12.2 Å². The van der Waals surface area contributed by atoms with Crippen molar-refractivity contribution < 1.29 is 14.3 Å². The summed E-state index contributed by atoms with van der Waals surface area (Å²) in [5.41, 5.74) is 1.40. The van der Waals surface area contributed by atoms with E-state index in [9.17, 15) is 9.59 Å². The van der Waals surface area contributed by atoms with Crippen LogP contribution in [0.3, 0.4) is 0 Å². The van der Waals surface area contributed by atoms with Crippen LogP contribution in [0.1, 0.15) is 23.7 Å². The maximum absolute atomic E-state index is 12.4. The van der Waals surface area contributed by atoms with Crippen LogP contribution in [-0.2, 0) is 9.53 Å². The Balaban J connectivity index is 1.40. The number of pyridine rings is 1. The van der Waals surface area contributed by atoms with Crippen molar-refractivity contribution in [1.29, 1.82) is 0 Å². The lowest BCUT2D eigenvalue weighted by Crippen LogP contribution is -2.49. The SMILES string of the molecule is CCOC(=O)c1ccc(NCCC(=O)N2CCN(c3ccccn3)CC2)cc1. The second-order valence-electron chi connectivity index (χ2n) is 6.53. The van der Waals surface area contributed by atoms with E-state index in [2.05, 4.69) is 15.2 Å². The van der Waals surface area contributed by atoms with E-state index in [4.69, 9.17) is 4.74 Å². The highest BCUT2D eigenvalue weighted by molar-refractivity contribution is 5.89. The van der Waals surface area contributed by atoms with E-state index in [0.717, 1.165) is 24.6 Å². The van der Waals surface area contributed by atoms with Gasteiger partial charge < -0.3 is 19.9 Å². The zero-order valence-corrected chi connectivity index (χ0v) is 16.1. The van der Waals surface area contributed by atoms with Crippen LogP contribution in [0.15, 0.2) is 48.7 Å². The lowest BCUT2D eigenvalue weighted by molar-refractivity contribution is -0.131. The van der Waals surface area contributed by atoms with Gasteiger partial charge in [0.25, 0.3) is 0 Å². The number of carbonyl (C=O) groups excluding carboxylic acids is 2. The number of nitrogens with zero attached hydrogens (tertiary/aromatic N) is 3. The van der Waals surface area contributed by atoms with Gasteiger partial charge in [0, 0.05) is 51.0 Å². The molecule has 1 aliphatic heterocycles. The minimum Gasteiger partial charge on any atom is -0.462 e. The van der Waals surface area contributed by atoms with Crippen LogP contribution in [0.4, 0.5) is 11.5 Å². The standard InChI is InChI=1S/C21H26N4O3/c1-2-28-21(27)17-6-8-18(9-7-17)22-12-10-20(26)25-15-13-24(14-16-25)19-5-3-4-11-23-19/h3-9,11,22H,2,10,12-16H2,1H3. The summed E-state index contributed by atoms with van der Waals surface area (Å²) < 4.78 is 4.97. The van der Waals surface area contributed by atoms with Crippen LogP contribution in [0.25, 0.3) is 0 Å². The van der Waals surface area contributed by atoms with Gasteiger partial charge in [-0.3, -0.25) is 4.79 Å². The molecule has 1 aromatic carbocycles. The number of carbonyl (C=O) groups is 2. The fraction of sp³-hybridized carbons (Fsp3) is 0.381. The molecule has 1 fully saturated rings. The molecule has 3 rings (SSSR count). The Morgan fingerprint density at radius 1 is 1.07 bits per heavy atom. The van der Waals surface area contributed by atoms with Gasteiger partial charge in [-0.15, -0.1) is 0 Å². The number of anilines is 2. The number of ether oxygens (including phenoxy) is 1. The summed E-state index contributed by atoms with van der Waals surface area (Å²) in [5, 5.41) is 3.23. The molecule has 1 N–H and O–H groups in total. The number of piperazine rings is 1. The van der Waals surface area contributed by atoms with Gasteiger partial charge in [0.15, 0.2) is 0 Å². The Morgan fingerprint density at radius 3 is 2.46 bits per heavy atom. The highest BCUT2D eigenvalue weighted by atomic mass is 16.5. The molecule has 7 nitrogen and oxygen atoms in total. The fourth-order valence-electron chi connectivity index (χ4n) is 3.14. The molecule has 1 aliphatic rings. The van der Waals surface area contributed by atoms with Crippen molar-refractivity contribution in [2.75, 3.05) is 49.5 Å². The molecule has 7 heteroatoms. The predicted molar refractivity (Wildman–Crippen MR) is 109 cm³/mol. The minimum absolute atomic E-state index is 0.149. The van der Waals surface area contributed by atoms with Crippen molar-refractivity contribution in [2.24, 2.45) is 0 Å². The van der Waals surface area contributed by atoms with Gasteiger partial charge in [-0.25, -0.2) is 9.78 Å². The second kappa shape index (κ2) is 9.73. The molecule has 2 aromatic rings. The first-order valence-corrected chi connectivity index (χ1v) is 9.62. The first-order chi connectivity index (χ1) is 13.7. The number of esters is 1. The lowest BCUT2D eigenvalue weighted by Gasteiger charge is -2.35. The van der Waals surface area contributed by atoms with E-state index >= 15 is 0 Å². The smallest absolute Gasteiger partial charge is 0.338 e. The molecule has 1 saturated heterocycles. The number of rotatable bonds is 7. The normalized spacial score (nSPS) is 13.9. The van der Waals surface area contributed by atoms with Crippen LogP contribution in [0, 0.1) is 0 Å². The monoisotopic (exact) mass is 382 g/mol. The molecular formula is C21H26N4O3. The van der Waals surface area contributed by atoms with Gasteiger partial charge in [-0.05, 0) is 43.3 Å². The highest BCUT2D eigenvalue weighted by Crippen LogP contribution is 2.14. The maximum Gasteiger partial charge on any atom is 0.338 e. The maximum atomic E-state index is 12.4. The predicted octanol–water partition coefficient (Wildman–Crippen LogP) is 2.41. The van der Waals surface area contributed by atoms with E-state index in [-0.39, 0.29) is 11.9 Å². The zero-order valence-electron chi connectivity index (χ0n) is 16.1. The van der Waals surface area contributed by atoms with Crippen LogP contribution in [-0.4, -0.2) is 61.1 Å². The van der Waals surface area contributed by atoms with Crippen molar-refractivity contribution in [3.63, 3.8) is 0 Å². The Kier molecular flexibility index (Phi) is 6.84. The van der Waals surface area contributed by atoms with Crippen LogP contribution in [0.5, 0.6) is 0 Å². The molecule has 0 atom stereocenters. The quantitative estimate of drug-likeness (QED) is 0.742. The zero-order chi connectivity index (χ0) is 19.8. The average molecular weight is 382 g/mol. The number of amides is 1. The van der Waals surface area contributed by atoms with Crippen molar-refractivity contribution in [3.05, 3.63) is 54.2 Å². The highest BCUT2D eigenvalue weighted by Gasteiger charge is 2.21. The van der Waals surface area contributed by atoms with Crippen molar-refractivity contribution >= 4 is 23.4 Å². The van der Waals surface area contributed by atoms with E-state index in [1.165, 1.54) is 0 Å². The summed E-state index contributed by atoms with van der Waals surface area (Å²) in [6.07, 6.45) is 2.22. The molecular weight excluding hydrogens is 356 g/mol. The van der Waals surface area contributed by atoms with E-state index in [1.807, 2.05) is 35.2 Å². The Labute approximate surface area is 165 Å². The average Bonchev–Trinajstić information content (AvgIpc) is 2.75. The second-order valence-corrected chi connectivity index (χ2v) is 6.53. The van der Waals surface area contributed by atoms with Gasteiger partial charge in [-0.2, -0.15) is 0 Å². The Morgan fingerprint density at radius 2 is 1.82 bits per heavy atom. The Hall–Kier alpha value is -3.09. The largest absolute Gasteiger partial charge is 0.462 e. The summed E-state index contributed by atoms with van der Waals surface area (Å²) in [7, 11) is 0. The molecule has 0 unspecified atom stereocenters. The lowest BCUT2D eigenvalue weighted by atomic mass is 10.2. The third-order valence-electron chi connectivity index (χ3n) is 4.67. The summed E-state index contributed by atoms with van der Waals surface area (Å²) in [6, 6.07) is 13.0. The van der Waals surface area contributed by atoms with Gasteiger partial charge >= 0.3 is 5.97 Å². The molecule has 0 saturated carbocycles. The van der Waals surface area contributed by atoms with Crippen LogP contribution >= 0.6 is 0 Å². The molecule has 28 heavy (non-hydrogen) atoms. The molecule has 0 radical (unpaired) electrons. The fourth-order valence-corrected chi connectivity index (χ4v) is 3.14. The third kappa shape index (κ3) is 5.22. The van der Waals surface area contributed by atoms with Crippen molar-refractivity contribution in [3.8, 4) is 0 Å². The third-order valence-corrected chi connectivity index (χ3v) is 4.67. The molecule has 0 aliphatic carbocycles. The first-order valence-electron chi connectivity index (χ1n) is 9.62. The molecule has 2 heterocycles. The van der Waals surface area contributed by atoms with E-state index in [1.54, 1.807) is 25.3 Å². The van der Waals surface area contributed by atoms with Gasteiger partial charge in [-0.1, -0.05) is 6.07 Å². The van der Waals surface area contributed by atoms with Crippen LogP contribution in [0.2, 0.25) is 0 Å². The van der Waals surface area contributed by atoms with Crippen LogP contribution < -0.4 is 10.2 Å². The van der Waals surface area contributed by atoms with Crippen molar-refractivity contribution in [2.45, 2.75) is 13.3 Å². The van der Waals surface area contributed by atoms with E-state index in [0.29, 0.717) is 38.2 Å². The van der Waals surface area contributed by atoms with E-state index < -0.39 is 0 Å². The molecule has 148 valence electrons. The number of nitrogens with one attached hydrogen (secondary N) is 1. The number of hydrogen-bond acceptors (Lipinski definition) is 6. The minimum atomic E-state index is -0.325. The van der Waals surface area contributed by atoms with Crippen molar-refractivity contribution in [1.82, 2.24) is 9.88 Å².